The molecule has 0 atom stereocenters. The lowest BCUT2D eigenvalue weighted by atomic mass is 9.98. The maximum atomic E-state index is 13.9. The normalized spacial score (nSPS) is 16.0. The standard InChI is InChI=1S/C22H28FN3O3S/c1-16(2)18-8-6-7-17(3)22(18)24-21(27)15-25-11-13-26(14-12-25)30(28,29)20-10-5-4-9-19(20)23/h4-10,16H,11-15H2,1-3H3,(H,24,27). The summed E-state index contributed by atoms with van der Waals surface area (Å²) >= 11 is 0. The van der Waals surface area contributed by atoms with Gasteiger partial charge in [0.2, 0.25) is 15.9 Å². The number of benzene rings is 2. The molecule has 162 valence electrons. The number of anilines is 1. The first-order valence-corrected chi connectivity index (χ1v) is 11.5. The molecule has 8 heteroatoms. The second kappa shape index (κ2) is 9.24. The molecule has 0 bridgehead atoms. The Morgan fingerprint density at radius 3 is 2.37 bits per heavy atom. The highest BCUT2D eigenvalue weighted by atomic mass is 32.2. The number of carbonyl (C=O) groups excluding carboxylic acids is 1. The first-order valence-electron chi connectivity index (χ1n) is 10.1. The van der Waals surface area contributed by atoms with E-state index in [9.17, 15) is 17.6 Å². The zero-order valence-electron chi connectivity index (χ0n) is 17.6. The van der Waals surface area contributed by atoms with Crippen LogP contribution in [0.4, 0.5) is 10.1 Å². The predicted octanol–water partition coefficient (Wildman–Crippen LogP) is 3.20. The molecule has 1 saturated heterocycles. The van der Waals surface area contributed by atoms with Crippen LogP contribution in [0.3, 0.4) is 0 Å². The summed E-state index contributed by atoms with van der Waals surface area (Å²) in [5.41, 5.74) is 2.94. The summed E-state index contributed by atoms with van der Waals surface area (Å²) in [4.78, 5) is 14.2. The Hall–Kier alpha value is -2.29. The number of amides is 1. The van der Waals surface area contributed by atoms with E-state index in [-0.39, 0.29) is 36.4 Å². The monoisotopic (exact) mass is 433 g/mol. The number of sulfonamides is 1. The number of hydrogen-bond acceptors (Lipinski definition) is 4. The number of para-hydroxylation sites is 1. The third-order valence-corrected chi connectivity index (χ3v) is 7.28. The molecular formula is C22H28FN3O3S. The molecule has 0 unspecified atom stereocenters. The van der Waals surface area contributed by atoms with Gasteiger partial charge in [-0.1, -0.05) is 44.2 Å². The lowest BCUT2D eigenvalue weighted by Gasteiger charge is -2.33. The van der Waals surface area contributed by atoms with Crippen molar-refractivity contribution in [2.45, 2.75) is 31.6 Å². The number of piperazine rings is 1. The van der Waals surface area contributed by atoms with Gasteiger partial charge < -0.3 is 5.32 Å². The molecule has 0 spiro atoms. The zero-order chi connectivity index (χ0) is 21.9. The predicted molar refractivity (Wildman–Crippen MR) is 115 cm³/mol. The quantitative estimate of drug-likeness (QED) is 0.760. The van der Waals surface area contributed by atoms with Crippen LogP contribution < -0.4 is 5.32 Å². The summed E-state index contributed by atoms with van der Waals surface area (Å²) in [6.07, 6.45) is 0. The number of nitrogens with zero attached hydrogens (tertiary/aromatic N) is 2. The van der Waals surface area contributed by atoms with Gasteiger partial charge >= 0.3 is 0 Å². The molecule has 1 aliphatic rings. The van der Waals surface area contributed by atoms with E-state index in [1.54, 1.807) is 0 Å². The van der Waals surface area contributed by atoms with Crippen molar-refractivity contribution in [3.63, 3.8) is 0 Å². The smallest absolute Gasteiger partial charge is 0.246 e. The molecule has 1 fully saturated rings. The number of halogens is 1. The Kier molecular flexibility index (Phi) is 6.90. The highest BCUT2D eigenvalue weighted by Gasteiger charge is 2.31. The summed E-state index contributed by atoms with van der Waals surface area (Å²) in [5.74, 6) is -0.595. The Balaban J connectivity index is 1.60. The van der Waals surface area contributed by atoms with Crippen molar-refractivity contribution < 1.29 is 17.6 Å². The van der Waals surface area contributed by atoms with E-state index in [0.29, 0.717) is 13.1 Å². The highest BCUT2D eigenvalue weighted by molar-refractivity contribution is 7.89. The van der Waals surface area contributed by atoms with Crippen molar-refractivity contribution in [2.75, 3.05) is 38.0 Å². The second-order valence-electron chi connectivity index (χ2n) is 7.85. The second-order valence-corrected chi connectivity index (χ2v) is 9.76. The van der Waals surface area contributed by atoms with E-state index in [0.717, 1.165) is 22.9 Å². The minimum absolute atomic E-state index is 0.128. The van der Waals surface area contributed by atoms with Gasteiger partial charge in [0.05, 0.1) is 6.54 Å². The van der Waals surface area contributed by atoms with Gasteiger partial charge in [0.15, 0.2) is 0 Å². The van der Waals surface area contributed by atoms with Gasteiger partial charge in [-0.25, -0.2) is 12.8 Å². The summed E-state index contributed by atoms with van der Waals surface area (Å²) in [6, 6.07) is 11.4. The fourth-order valence-corrected chi connectivity index (χ4v) is 5.13. The fourth-order valence-electron chi connectivity index (χ4n) is 3.65. The average Bonchev–Trinajstić information content (AvgIpc) is 2.70. The lowest BCUT2D eigenvalue weighted by Crippen LogP contribution is -2.50. The van der Waals surface area contributed by atoms with Crippen molar-refractivity contribution in [3.05, 3.63) is 59.4 Å². The minimum Gasteiger partial charge on any atom is -0.324 e. The molecule has 2 aromatic carbocycles. The van der Waals surface area contributed by atoms with Crippen LogP contribution in [0.2, 0.25) is 0 Å². The van der Waals surface area contributed by atoms with Crippen LogP contribution in [0.15, 0.2) is 47.4 Å². The summed E-state index contributed by atoms with van der Waals surface area (Å²) < 4.78 is 40.6. The Morgan fingerprint density at radius 2 is 1.73 bits per heavy atom. The third-order valence-electron chi connectivity index (χ3n) is 5.34. The molecule has 0 saturated carbocycles. The van der Waals surface area contributed by atoms with E-state index < -0.39 is 15.8 Å². The minimum atomic E-state index is -3.88. The third kappa shape index (κ3) is 4.88. The van der Waals surface area contributed by atoms with Crippen LogP contribution in [-0.4, -0.2) is 56.3 Å². The number of rotatable bonds is 6. The van der Waals surface area contributed by atoms with Crippen LogP contribution in [0.25, 0.3) is 0 Å². The first-order chi connectivity index (χ1) is 14.2. The largest absolute Gasteiger partial charge is 0.324 e. The van der Waals surface area contributed by atoms with Gasteiger partial charge in [-0.15, -0.1) is 0 Å². The van der Waals surface area contributed by atoms with Gasteiger partial charge in [0.1, 0.15) is 10.7 Å². The van der Waals surface area contributed by atoms with Crippen molar-refractivity contribution in [1.82, 2.24) is 9.21 Å². The summed E-state index contributed by atoms with van der Waals surface area (Å²) in [5, 5.41) is 3.02. The van der Waals surface area contributed by atoms with E-state index in [4.69, 9.17) is 0 Å². The number of carbonyl (C=O) groups is 1. The molecule has 1 N–H and O–H groups in total. The number of hydrogen-bond donors (Lipinski definition) is 1. The SMILES string of the molecule is Cc1cccc(C(C)C)c1NC(=O)CN1CCN(S(=O)(=O)c2ccccc2F)CC1. The maximum absolute atomic E-state index is 13.9. The molecule has 2 aromatic rings. The summed E-state index contributed by atoms with van der Waals surface area (Å²) in [7, 11) is -3.88. The molecule has 1 aliphatic heterocycles. The van der Waals surface area contributed by atoms with Gasteiger partial charge in [0, 0.05) is 31.9 Å². The van der Waals surface area contributed by atoms with Crippen LogP contribution in [0.5, 0.6) is 0 Å². The van der Waals surface area contributed by atoms with E-state index in [1.165, 1.54) is 22.5 Å². The van der Waals surface area contributed by atoms with Crippen molar-refractivity contribution >= 4 is 21.6 Å². The van der Waals surface area contributed by atoms with Crippen molar-refractivity contribution in [3.8, 4) is 0 Å². The first kappa shape index (κ1) is 22.4. The number of aryl methyl sites for hydroxylation is 1. The molecule has 0 aliphatic carbocycles. The molecule has 1 heterocycles. The molecule has 3 rings (SSSR count). The maximum Gasteiger partial charge on any atom is 0.246 e. The van der Waals surface area contributed by atoms with Gasteiger partial charge in [0.25, 0.3) is 0 Å². The highest BCUT2D eigenvalue weighted by Crippen LogP contribution is 2.27. The Labute approximate surface area is 177 Å². The fraction of sp³-hybridized carbons (Fsp3) is 0.409. The van der Waals surface area contributed by atoms with Crippen LogP contribution in [0.1, 0.15) is 30.9 Å². The van der Waals surface area contributed by atoms with Gasteiger partial charge in [-0.2, -0.15) is 4.31 Å². The van der Waals surface area contributed by atoms with E-state index in [1.807, 2.05) is 30.0 Å². The van der Waals surface area contributed by atoms with Crippen molar-refractivity contribution in [1.29, 1.82) is 0 Å². The topological polar surface area (TPSA) is 69.7 Å². The Morgan fingerprint density at radius 1 is 1.07 bits per heavy atom. The van der Waals surface area contributed by atoms with Gasteiger partial charge in [-0.3, -0.25) is 9.69 Å². The van der Waals surface area contributed by atoms with E-state index in [2.05, 4.69) is 19.2 Å². The summed E-state index contributed by atoms with van der Waals surface area (Å²) in [6.45, 7) is 7.56. The van der Waals surface area contributed by atoms with Crippen LogP contribution in [0, 0.1) is 12.7 Å². The van der Waals surface area contributed by atoms with Crippen LogP contribution >= 0.6 is 0 Å². The Bertz CT molecular complexity index is 1020. The molecule has 30 heavy (non-hydrogen) atoms. The molecule has 0 radical (unpaired) electrons. The van der Waals surface area contributed by atoms with Crippen LogP contribution in [-0.2, 0) is 14.8 Å². The molecular weight excluding hydrogens is 405 g/mol. The molecule has 0 aromatic heterocycles. The van der Waals surface area contributed by atoms with Gasteiger partial charge in [-0.05, 0) is 36.1 Å². The number of nitrogens with one attached hydrogen (secondary N) is 1. The van der Waals surface area contributed by atoms with Crippen molar-refractivity contribution in [2.24, 2.45) is 0 Å². The average molecular weight is 434 g/mol. The zero-order valence-corrected chi connectivity index (χ0v) is 18.4. The molecule has 6 nitrogen and oxygen atoms in total. The lowest BCUT2D eigenvalue weighted by molar-refractivity contribution is -0.117. The van der Waals surface area contributed by atoms with E-state index >= 15 is 0 Å². The molecule has 1 amide bonds.